The number of para-hydroxylation sites is 1. The summed E-state index contributed by atoms with van der Waals surface area (Å²) in [6.45, 7) is 1.79. The number of aromatic nitrogens is 2. The van der Waals surface area contributed by atoms with Crippen LogP contribution in [0.25, 0.3) is 10.9 Å². The van der Waals surface area contributed by atoms with Gasteiger partial charge in [0.2, 0.25) is 5.95 Å². The first-order chi connectivity index (χ1) is 16.5. The minimum Gasteiger partial charge on any atom is -0.493 e. The Bertz CT molecular complexity index is 1120. The van der Waals surface area contributed by atoms with E-state index in [-0.39, 0.29) is 0 Å². The molecule has 0 atom stereocenters. The van der Waals surface area contributed by atoms with Crippen molar-refractivity contribution >= 4 is 38.6 Å². The van der Waals surface area contributed by atoms with Crippen LogP contribution in [-0.4, -0.2) is 50.9 Å². The van der Waals surface area contributed by atoms with Crippen molar-refractivity contribution in [2.45, 2.75) is 38.3 Å². The number of nitrogens with zero attached hydrogens (tertiary/aromatic N) is 3. The van der Waals surface area contributed by atoms with Gasteiger partial charge in [-0.05, 0) is 68.0 Å². The van der Waals surface area contributed by atoms with Crippen LogP contribution in [0.3, 0.4) is 0 Å². The van der Waals surface area contributed by atoms with E-state index in [2.05, 4.69) is 43.6 Å². The van der Waals surface area contributed by atoms with E-state index in [4.69, 9.17) is 19.4 Å². The van der Waals surface area contributed by atoms with E-state index in [1.807, 2.05) is 38.4 Å². The molecular weight excluding hydrogens is 494 g/mol. The van der Waals surface area contributed by atoms with Gasteiger partial charge in [0, 0.05) is 36.5 Å². The Balaban J connectivity index is 1.29. The number of anilines is 2. The van der Waals surface area contributed by atoms with Crippen LogP contribution >= 0.6 is 15.9 Å². The van der Waals surface area contributed by atoms with Gasteiger partial charge in [-0.2, -0.15) is 4.98 Å². The van der Waals surface area contributed by atoms with Crippen LogP contribution in [0, 0.1) is 5.92 Å². The standard InChI is InChI=1S/C26H34BrN5O2/c1-32(2)25-20-7-5-6-8-22(20)30-26(31-25)29-19-11-9-17(10-12-19)15-28-16-18-13-23(33-3)24(34-4)14-21(18)27/h5-8,13-14,17,19,28H,9-12,15-16H2,1-4H3,(H,29,30,31). The molecule has 1 fully saturated rings. The summed E-state index contributed by atoms with van der Waals surface area (Å²) >= 11 is 3.65. The Kier molecular flexibility index (Phi) is 8.11. The fraction of sp³-hybridized carbons (Fsp3) is 0.462. The molecule has 1 saturated carbocycles. The molecule has 2 N–H and O–H groups in total. The van der Waals surface area contributed by atoms with Gasteiger partial charge in [0.25, 0.3) is 0 Å². The second-order valence-electron chi connectivity index (χ2n) is 9.07. The van der Waals surface area contributed by atoms with Gasteiger partial charge >= 0.3 is 0 Å². The number of nitrogens with one attached hydrogen (secondary N) is 2. The zero-order valence-corrected chi connectivity index (χ0v) is 22.0. The zero-order valence-electron chi connectivity index (χ0n) is 20.4. The van der Waals surface area contributed by atoms with E-state index in [9.17, 15) is 0 Å². The summed E-state index contributed by atoms with van der Waals surface area (Å²) in [6.07, 6.45) is 4.62. The third-order valence-electron chi connectivity index (χ3n) is 6.49. The second-order valence-corrected chi connectivity index (χ2v) is 9.93. The molecule has 8 heteroatoms. The number of ether oxygens (including phenoxy) is 2. The summed E-state index contributed by atoms with van der Waals surface area (Å²) in [4.78, 5) is 11.6. The first-order valence-corrected chi connectivity index (χ1v) is 12.6. The van der Waals surface area contributed by atoms with Gasteiger partial charge in [-0.25, -0.2) is 4.98 Å². The molecule has 0 aliphatic heterocycles. The van der Waals surface area contributed by atoms with Crippen LogP contribution < -0.4 is 25.0 Å². The maximum absolute atomic E-state index is 5.44. The minimum atomic E-state index is 0.410. The molecule has 4 rings (SSSR count). The van der Waals surface area contributed by atoms with Gasteiger partial charge in [-0.1, -0.05) is 28.1 Å². The molecule has 2 aromatic carbocycles. The number of halogens is 1. The largest absolute Gasteiger partial charge is 0.493 e. The van der Waals surface area contributed by atoms with Crippen LogP contribution in [-0.2, 0) is 6.54 Å². The minimum absolute atomic E-state index is 0.410. The molecule has 0 radical (unpaired) electrons. The molecule has 0 spiro atoms. The molecule has 0 bridgehead atoms. The van der Waals surface area contributed by atoms with E-state index >= 15 is 0 Å². The van der Waals surface area contributed by atoms with Crippen molar-refractivity contribution in [2.75, 3.05) is 45.1 Å². The van der Waals surface area contributed by atoms with Gasteiger partial charge in [0.05, 0.1) is 19.7 Å². The van der Waals surface area contributed by atoms with Crippen molar-refractivity contribution in [2.24, 2.45) is 5.92 Å². The predicted octanol–water partition coefficient (Wildman–Crippen LogP) is 5.24. The molecule has 34 heavy (non-hydrogen) atoms. The average molecular weight is 528 g/mol. The van der Waals surface area contributed by atoms with Crippen molar-refractivity contribution < 1.29 is 9.47 Å². The zero-order chi connectivity index (χ0) is 24.1. The third-order valence-corrected chi connectivity index (χ3v) is 7.23. The highest BCUT2D eigenvalue weighted by atomic mass is 79.9. The predicted molar refractivity (Wildman–Crippen MR) is 142 cm³/mol. The molecule has 7 nitrogen and oxygen atoms in total. The maximum atomic E-state index is 5.44. The van der Waals surface area contributed by atoms with Crippen molar-refractivity contribution in [3.05, 3.63) is 46.4 Å². The highest BCUT2D eigenvalue weighted by molar-refractivity contribution is 9.10. The van der Waals surface area contributed by atoms with Gasteiger partial charge < -0.3 is 25.0 Å². The Morgan fingerprint density at radius 3 is 2.41 bits per heavy atom. The Hall–Kier alpha value is -2.58. The maximum Gasteiger partial charge on any atom is 0.225 e. The fourth-order valence-corrected chi connectivity index (χ4v) is 5.06. The van der Waals surface area contributed by atoms with Crippen LogP contribution in [0.2, 0.25) is 0 Å². The van der Waals surface area contributed by atoms with Gasteiger partial charge in [-0.15, -0.1) is 0 Å². The molecule has 3 aromatic rings. The Morgan fingerprint density at radius 2 is 1.71 bits per heavy atom. The molecular formula is C26H34BrN5O2. The lowest BCUT2D eigenvalue weighted by Crippen LogP contribution is -2.31. The van der Waals surface area contributed by atoms with E-state index < -0.39 is 0 Å². The smallest absolute Gasteiger partial charge is 0.225 e. The summed E-state index contributed by atoms with van der Waals surface area (Å²) < 4.78 is 11.8. The molecule has 1 heterocycles. The summed E-state index contributed by atoms with van der Waals surface area (Å²) in [7, 11) is 7.37. The topological polar surface area (TPSA) is 71.5 Å². The number of methoxy groups -OCH3 is 2. The average Bonchev–Trinajstić information content (AvgIpc) is 2.85. The van der Waals surface area contributed by atoms with E-state index in [1.54, 1.807) is 14.2 Å². The normalized spacial score (nSPS) is 18.0. The SMILES string of the molecule is COc1cc(Br)c(CNCC2CCC(Nc3nc(N(C)C)c4ccccc4n3)CC2)cc1OC. The van der Waals surface area contributed by atoms with Gasteiger partial charge in [-0.3, -0.25) is 0 Å². The fourth-order valence-electron chi connectivity index (χ4n) is 4.60. The molecule has 0 unspecified atom stereocenters. The lowest BCUT2D eigenvalue weighted by molar-refractivity contribution is 0.323. The number of hydrogen-bond acceptors (Lipinski definition) is 7. The monoisotopic (exact) mass is 527 g/mol. The van der Waals surface area contributed by atoms with Crippen LogP contribution in [0.4, 0.5) is 11.8 Å². The van der Waals surface area contributed by atoms with Crippen molar-refractivity contribution in [3.63, 3.8) is 0 Å². The third kappa shape index (κ3) is 5.73. The number of fused-ring (bicyclic) bond motifs is 1. The quantitative estimate of drug-likeness (QED) is 0.394. The summed E-state index contributed by atoms with van der Waals surface area (Å²) in [6, 6.07) is 12.6. The van der Waals surface area contributed by atoms with Crippen molar-refractivity contribution in [1.29, 1.82) is 0 Å². The number of hydrogen-bond donors (Lipinski definition) is 2. The first-order valence-electron chi connectivity index (χ1n) is 11.8. The first kappa shape index (κ1) is 24.5. The summed E-state index contributed by atoms with van der Waals surface area (Å²) in [5.74, 6) is 3.83. The number of rotatable bonds is 9. The highest BCUT2D eigenvalue weighted by Crippen LogP contribution is 2.33. The van der Waals surface area contributed by atoms with Crippen LogP contribution in [0.15, 0.2) is 40.9 Å². The van der Waals surface area contributed by atoms with E-state index in [0.717, 1.165) is 70.1 Å². The van der Waals surface area contributed by atoms with E-state index in [0.29, 0.717) is 12.0 Å². The Morgan fingerprint density at radius 1 is 1.00 bits per heavy atom. The molecule has 1 aromatic heterocycles. The Labute approximate surface area is 210 Å². The molecule has 1 aliphatic rings. The van der Waals surface area contributed by atoms with Crippen molar-refractivity contribution in [3.8, 4) is 11.5 Å². The molecule has 182 valence electrons. The van der Waals surface area contributed by atoms with Gasteiger partial charge in [0.1, 0.15) is 5.82 Å². The highest BCUT2D eigenvalue weighted by Gasteiger charge is 2.22. The summed E-state index contributed by atoms with van der Waals surface area (Å²) in [5.41, 5.74) is 2.14. The lowest BCUT2D eigenvalue weighted by Gasteiger charge is -2.29. The molecule has 0 saturated heterocycles. The van der Waals surface area contributed by atoms with Gasteiger partial charge in [0.15, 0.2) is 11.5 Å². The second kappa shape index (κ2) is 11.2. The summed E-state index contributed by atoms with van der Waals surface area (Å²) in [5, 5.41) is 8.31. The van der Waals surface area contributed by atoms with E-state index in [1.165, 1.54) is 12.8 Å². The number of benzene rings is 2. The van der Waals surface area contributed by atoms with Crippen LogP contribution in [0.5, 0.6) is 11.5 Å². The lowest BCUT2D eigenvalue weighted by atomic mass is 9.86. The van der Waals surface area contributed by atoms with Crippen LogP contribution in [0.1, 0.15) is 31.2 Å². The van der Waals surface area contributed by atoms with Crippen molar-refractivity contribution in [1.82, 2.24) is 15.3 Å². The molecule has 0 amide bonds. The molecule has 1 aliphatic carbocycles.